The van der Waals surface area contributed by atoms with E-state index < -0.39 is 0 Å². The van der Waals surface area contributed by atoms with E-state index in [1.165, 1.54) is 24.0 Å². The molecule has 0 radical (unpaired) electrons. The van der Waals surface area contributed by atoms with Gasteiger partial charge in [0.15, 0.2) is 0 Å². The number of benzene rings is 1. The summed E-state index contributed by atoms with van der Waals surface area (Å²) in [5.74, 6) is 0.799. The van der Waals surface area contributed by atoms with Gasteiger partial charge < -0.3 is 5.32 Å². The Labute approximate surface area is 107 Å². The Kier molecular flexibility index (Phi) is 5.70. The van der Waals surface area contributed by atoms with Gasteiger partial charge in [-0.25, -0.2) is 0 Å². The van der Waals surface area contributed by atoms with Gasteiger partial charge in [-0.2, -0.15) is 0 Å². The maximum Gasteiger partial charge on any atom is 0.0296 e. The van der Waals surface area contributed by atoms with E-state index >= 15 is 0 Å². The van der Waals surface area contributed by atoms with Gasteiger partial charge in [0.05, 0.1) is 0 Å². The first-order valence-corrected chi connectivity index (χ1v) is 6.82. The van der Waals surface area contributed by atoms with Crippen molar-refractivity contribution in [3.05, 3.63) is 35.4 Å². The number of aryl methyl sites for hydroxylation is 1. The summed E-state index contributed by atoms with van der Waals surface area (Å²) in [6.45, 7) is 11.3. The van der Waals surface area contributed by atoms with Crippen LogP contribution in [0.15, 0.2) is 24.3 Å². The van der Waals surface area contributed by atoms with Crippen molar-refractivity contribution in [2.45, 2.75) is 59.5 Å². The molecule has 2 unspecified atom stereocenters. The first-order valence-electron chi connectivity index (χ1n) is 6.82. The van der Waals surface area contributed by atoms with Crippen LogP contribution >= 0.6 is 0 Å². The minimum atomic E-state index is 0.443. The van der Waals surface area contributed by atoms with Gasteiger partial charge in [-0.1, -0.05) is 38.1 Å². The van der Waals surface area contributed by atoms with Crippen molar-refractivity contribution < 1.29 is 0 Å². The first-order chi connectivity index (χ1) is 8.00. The molecule has 0 heterocycles. The van der Waals surface area contributed by atoms with Crippen LogP contribution < -0.4 is 5.32 Å². The van der Waals surface area contributed by atoms with Crippen molar-refractivity contribution in [2.75, 3.05) is 0 Å². The molecule has 17 heavy (non-hydrogen) atoms. The van der Waals surface area contributed by atoms with Crippen LogP contribution in [0.2, 0.25) is 0 Å². The molecule has 1 rings (SSSR count). The fourth-order valence-corrected chi connectivity index (χ4v) is 2.26. The molecule has 0 aliphatic heterocycles. The summed E-state index contributed by atoms with van der Waals surface area (Å²) in [4.78, 5) is 0. The molecule has 0 saturated carbocycles. The third-order valence-electron chi connectivity index (χ3n) is 3.37. The predicted molar refractivity (Wildman–Crippen MR) is 76.3 cm³/mol. The van der Waals surface area contributed by atoms with Crippen LogP contribution in [-0.4, -0.2) is 6.04 Å². The summed E-state index contributed by atoms with van der Waals surface area (Å²) in [5, 5.41) is 3.69. The fourth-order valence-electron chi connectivity index (χ4n) is 2.26. The lowest BCUT2D eigenvalue weighted by Gasteiger charge is -2.22. The molecule has 0 amide bonds. The van der Waals surface area contributed by atoms with Crippen molar-refractivity contribution in [2.24, 2.45) is 5.92 Å². The van der Waals surface area contributed by atoms with Crippen LogP contribution in [0, 0.1) is 12.8 Å². The highest BCUT2D eigenvalue weighted by atomic mass is 14.9. The van der Waals surface area contributed by atoms with Crippen LogP contribution in [-0.2, 0) is 0 Å². The zero-order chi connectivity index (χ0) is 12.8. The Morgan fingerprint density at radius 1 is 1.00 bits per heavy atom. The monoisotopic (exact) mass is 233 g/mol. The van der Waals surface area contributed by atoms with Gasteiger partial charge in [-0.3, -0.25) is 0 Å². The minimum absolute atomic E-state index is 0.443. The molecule has 1 aromatic carbocycles. The summed E-state index contributed by atoms with van der Waals surface area (Å²) >= 11 is 0. The van der Waals surface area contributed by atoms with Gasteiger partial charge in [0.25, 0.3) is 0 Å². The van der Waals surface area contributed by atoms with E-state index in [0.717, 1.165) is 5.92 Å². The second-order valence-corrected chi connectivity index (χ2v) is 5.62. The Balaban J connectivity index is 2.49. The molecule has 0 bridgehead atoms. The summed E-state index contributed by atoms with van der Waals surface area (Å²) < 4.78 is 0. The highest BCUT2D eigenvalue weighted by Crippen LogP contribution is 2.18. The van der Waals surface area contributed by atoms with E-state index in [1.807, 2.05) is 0 Å². The second-order valence-electron chi connectivity index (χ2n) is 5.62. The number of rotatable bonds is 6. The summed E-state index contributed by atoms with van der Waals surface area (Å²) in [6.07, 6.45) is 2.56. The van der Waals surface area contributed by atoms with E-state index in [2.05, 4.69) is 64.2 Å². The largest absolute Gasteiger partial charge is 0.308 e. The van der Waals surface area contributed by atoms with Gasteiger partial charge in [-0.15, -0.1) is 0 Å². The van der Waals surface area contributed by atoms with Gasteiger partial charge in [0, 0.05) is 12.1 Å². The Morgan fingerprint density at radius 2 is 1.65 bits per heavy atom. The molecule has 2 atom stereocenters. The molecule has 96 valence electrons. The van der Waals surface area contributed by atoms with E-state index in [4.69, 9.17) is 0 Å². The number of hydrogen-bond donors (Lipinski definition) is 1. The van der Waals surface area contributed by atoms with Gasteiger partial charge in [0.1, 0.15) is 0 Å². The van der Waals surface area contributed by atoms with Crippen LogP contribution in [0.25, 0.3) is 0 Å². The first kappa shape index (κ1) is 14.2. The Bertz CT molecular complexity index is 330. The van der Waals surface area contributed by atoms with Gasteiger partial charge >= 0.3 is 0 Å². The van der Waals surface area contributed by atoms with E-state index in [1.54, 1.807) is 0 Å². The third-order valence-corrected chi connectivity index (χ3v) is 3.37. The summed E-state index contributed by atoms with van der Waals surface area (Å²) in [5.41, 5.74) is 2.80. The van der Waals surface area contributed by atoms with E-state index in [-0.39, 0.29) is 0 Å². The topological polar surface area (TPSA) is 12.0 Å². The maximum atomic E-state index is 3.69. The molecular weight excluding hydrogens is 206 g/mol. The lowest BCUT2D eigenvalue weighted by molar-refractivity contribution is 0.416. The fraction of sp³-hybridized carbons (Fsp3) is 0.625. The quantitative estimate of drug-likeness (QED) is 0.764. The van der Waals surface area contributed by atoms with Crippen LogP contribution in [0.5, 0.6) is 0 Å². The van der Waals surface area contributed by atoms with Crippen molar-refractivity contribution in [1.29, 1.82) is 0 Å². The minimum Gasteiger partial charge on any atom is -0.308 e. The molecule has 0 aliphatic carbocycles. The van der Waals surface area contributed by atoms with Crippen molar-refractivity contribution in [3.63, 3.8) is 0 Å². The van der Waals surface area contributed by atoms with Crippen LogP contribution in [0.3, 0.4) is 0 Å². The average molecular weight is 233 g/mol. The molecular formula is C16H27N. The molecule has 1 N–H and O–H groups in total. The molecule has 1 nitrogen and oxygen atoms in total. The zero-order valence-corrected chi connectivity index (χ0v) is 12.0. The van der Waals surface area contributed by atoms with Crippen molar-refractivity contribution in [3.8, 4) is 0 Å². The molecule has 0 spiro atoms. The molecule has 0 fully saturated rings. The SMILES string of the molecule is Cc1ccccc1C(C)NC(C)CCC(C)C. The average Bonchev–Trinajstić information content (AvgIpc) is 2.26. The molecule has 0 aliphatic rings. The van der Waals surface area contributed by atoms with Crippen molar-refractivity contribution >= 4 is 0 Å². The molecule has 1 heteroatoms. The number of nitrogens with one attached hydrogen (secondary N) is 1. The van der Waals surface area contributed by atoms with Gasteiger partial charge in [0.2, 0.25) is 0 Å². The smallest absolute Gasteiger partial charge is 0.0296 e. The maximum absolute atomic E-state index is 3.69. The predicted octanol–water partition coefficient (Wildman–Crippen LogP) is 4.47. The Morgan fingerprint density at radius 3 is 2.24 bits per heavy atom. The summed E-state index contributed by atoms with van der Waals surface area (Å²) in [6, 6.07) is 9.67. The molecule has 0 saturated heterocycles. The highest BCUT2D eigenvalue weighted by Gasteiger charge is 2.11. The zero-order valence-electron chi connectivity index (χ0n) is 12.0. The molecule has 1 aromatic rings. The lowest BCUT2D eigenvalue weighted by Crippen LogP contribution is -2.29. The van der Waals surface area contributed by atoms with Crippen molar-refractivity contribution in [1.82, 2.24) is 5.32 Å². The van der Waals surface area contributed by atoms with Gasteiger partial charge in [-0.05, 0) is 50.7 Å². The standard InChI is InChI=1S/C16H27N/c1-12(2)10-11-14(4)17-15(5)16-9-7-6-8-13(16)3/h6-9,12,14-15,17H,10-11H2,1-5H3. The lowest BCUT2D eigenvalue weighted by atomic mass is 10.00. The Hall–Kier alpha value is -0.820. The third kappa shape index (κ3) is 4.91. The van der Waals surface area contributed by atoms with E-state index in [0.29, 0.717) is 12.1 Å². The van der Waals surface area contributed by atoms with Crippen LogP contribution in [0.4, 0.5) is 0 Å². The van der Waals surface area contributed by atoms with Crippen LogP contribution in [0.1, 0.15) is 57.7 Å². The normalized spacial score (nSPS) is 14.9. The summed E-state index contributed by atoms with van der Waals surface area (Å²) in [7, 11) is 0. The highest BCUT2D eigenvalue weighted by molar-refractivity contribution is 5.28. The molecule has 0 aromatic heterocycles. The van der Waals surface area contributed by atoms with E-state index in [9.17, 15) is 0 Å². The number of hydrogen-bond acceptors (Lipinski definition) is 1. The second kappa shape index (κ2) is 6.80.